The summed E-state index contributed by atoms with van der Waals surface area (Å²) in [6.07, 6.45) is -0.318. The monoisotopic (exact) mass is 270 g/mol. The Hall–Kier alpha value is -0.980. The molecule has 1 saturated heterocycles. The van der Waals surface area contributed by atoms with Gasteiger partial charge in [0.05, 0.1) is 18.7 Å². The molecule has 1 amide bonds. The third-order valence-electron chi connectivity index (χ3n) is 2.76. The highest BCUT2D eigenvalue weighted by Gasteiger charge is 2.27. The molecular weight excluding hydrogens is 256 g/mol. The highest BCUT2D eigenvalue weighted by Crippen LogP contribution is 2.17. The van der Waals surface area contributed by atoms with Gasteiger partial charge in [0.25, 0.3) is 5.91 Å². The number of nitrogens with zero attached hydrogens (tertiary/aromatic N) is 1. The van der Waals surface area contributed by atoms with Crippen molar-refractivity contribution in [3.05, 3.63) is 21.9 Å². The number of ether oxygens (including phenoxy) is 1. The fourth-order valence-electron chi connectivity index (χ4n) is 1.76. The van der Waals surface area contributed by atoms with E-state index in [2.05, 4.69) is 0 Å². The molecule has 1 aromatic heterocycles. The van der Waals surface area contributed by atoms with Gasteiger partial charge < -0.3 is 15.4 Å². The van der Waals surface area contributed by atoms with Crippen molar-refractivity contribution in [2.45, 2.75) is 13.0 Å². The Morgan fingerprint density at radius 1 is 1.65 bits per heavy atom. The van der Waals surface area contributed by atoms with E-state index in [1.165, 1.54) is 11.3 Å². The van der Waals surface area contributed by atoms with Gasteiger partial charge in [-0.05, 0) is 17.9 Å². The van der Waals surface area contributed by atoms with Crippen LogP contribution >= 0.6 is 23.6 Å². The molecule has 1 fully saturated rings. The van der Waals surface area contributed by atoms with Gasteiger partial charge in [0, 0.05) is 11.9 Å². The summed E-state index contributed by atoms with van der Waals surface area (Å²) in [6.45, 7) is 3.46. The molecule has 4 nitrogen and oxygen atoms in total. The molecule has 1 unspecified atom stereocenters. The molecule has 1 aliphatic heterocycles. The molecular formula is C11H14N2O2S2. The predicted molar refractivity (Wildman–Crippen MR) is 71.5 cm³/mol. The lowest BCUT2D eigenvalue weighted by molar-refractivity contribution is 0.00878. The summed E-state index contributed by atoms with van der Waals surface area (Å²) < 4.78 is 5.41. The molecule has 0 aliphatic carbocycles. The van der Waals surface area contributed by atoms with Crippen LogP contribution in [0, 0.1) is 6.92 Å². The number of carbonyl (C=O) groups is 1. The number of hydrogen-bond donors (Lipinski definition) is 1. The fourth-order valence-corrected chi connectivity index (χ4v) is 2.72. The van der Waals surface area contributed by atoms with Gasteiger partial charge in [0.2, 0.25) is 0 Å². The number of amides is 1. The van der Waals surface area contributed by atoms with E-state index in [-0.39, 0.29) is 12.0 Å². The van der Waals surface area contributed by atoms with Gasteiger partial charge >= 0.3 is 0 Å². The smallest absolute Gasteiger partial charge is 0.255 e. The number of carbonyl (C=O) groups excluding carboxylic acids is 1. The van der Waals surface area contributed by atoms with E-state index in [0.29, 0.717) is 24.7 Å². The SMILES string of the molecule is Cc1cscc1C(=O)N1CCOC(C(N)=S)C1. The quantitative estimate of drug-likeness (QED) is 0.820. The molecule has 2 rings (SSSR count). The Kier molecular flexibility index (Phi) is 3.76. The van der Waals surface area contributed by atoms with Crippen LogP contribution in [0.2, 0.25) is 0 Å². The molecule has 2 N–H and O–H groups in total. The molecule has 0 radical (unpaired) electrons. The molecule has 0 spiro atoms. The summed E-state index contributed by atoms with van der Waals surface area (Å²) in [5, 5.41) is 3.85. The lowest BCUT2D eigenvalue weighted by atomic mass is 10.1. The van der Waals surface area contributed by atoms with Crippen molar-refractivity contribution in [1.82, 2.24) is 4.90 Å². The van der Waals surface area contributed by atoms with Gasteiger partial charge in [0.1, 0.15) is 11.1 Å². The minimum atomic E-state index is -0.318. The first-order valence-electron chi connectivity index (χ1n) is 5.32. The molecule has 1 aliphatic rings. The number of thiocarbonyl (C=S) groups is 1. The second kappa shape index (κ2) is 5.12. The second-order valence-electron chi connectivity index (χ2n) is 3.98. The number of nitrogens with two attached hydrogens (primary N) is 1. The zero-order valence-corrected chi connectivity index (χ0v) is 11.1. The maximum Gasteiger partial charge on any atom is 0.255 e. The molecule has 17 heavy (non-hydrogen) atoms. The van der Waals surface area contributed by atoms with Crippen LogP contribution in [0.3, 0.4) is 0 Å². The minimum Gasteiger partial charge on any atom is -0.391 e. The van der Waals surface area contributed by atoms with Crippen LogP contribution in [0.1, 0.15) is 15.9 Å². The minimum absolute atomic E-state index is 0.0355. The van der Waals surface area contributed by atoms with Crippen molar-refractivity contribution < 1.29 is 9.53 Å². The van der Waals surface area contributed by atoms with Gasteiger partial charge in [-0.25, -0.2) is 0 Å². The summed E-state index contributed by atoms with van der Waals surface area (Å²) in [5.41, 5.74) is 7.32. The van der Waals surface area contributed by atoms with Crippen LogP contribution in [0.4, 0.5) is 0 Å². The summed E-state index contributed by atoms with van der Waals surface area (Å²) >= 11 is 6.43. The van der Waals surface area contributed by atoms with Crippen LogP contribution in [-0.4, -0.2) is 41.6 Å². The maximum atomic E-state index is 12.2. The standard InChI is InChI=1S/C11H14N2O2S2/c1-7-5-17-6-8(7)11(14)13-2-3-15-9(4-13)10(12)16/h5-6,9H,2-4H2,1H3,(H2,12,16). The van der Waals surface area contributed by atoms with E-state index in [4.69, 9.17) is 22.7 Å². The molecule has 1 atom stereocenters. The van der Waals surface area contributed by atoms with Crippen LogP contribution < -0.4 is 5.73 Å². The zero-order chi connectivity index (χ0) is 12.4. The number of morpholine rings is 1. The van der Waals surface area contributed by atoms with E-state index >= 15 is 0 Å². The van der Waals surface area contributed by atoms with E-state index in [1.54, 1.807) is 4.90 Å². The highest BCUT2D eigenvalue weighted by molar-refractivity contribution is 7.80. The second-order valence-corrected chi connectivity index (χ2v) is 5.20. The van der Waals surface area contributed by atoms with Gasteiger partial charge in [-0.3, -0.25) is 4.79 Å². The van der Waals surface area contributed by atoms with Crippen molar-refractivity contribution in [2.24, 2.45) is 5.73 Å². The first-order chi connectivity index (χ1) is 8.09. The summed E-state index contributed by atoms with van der Waals surface area (Å²) in [6, 6.07) is 0. The highest BCUT2D eigenvalue weighted by atomic mass is 32.1. The lowest BCUT2D eigenvalue weighted by Gasteiger charge is -2.32. The van der Waals surface area contributed by atoms with Gasteiger partial charge in [0.15, 0.2) is 0 Å². The van der Waals surface area contributed by atoms with E-state index in [9.17, 15) is 4.79 Å². The van der Waals surface area contributed by atoms with Gasteiger partial charge in [-0.2, -0.15) is 11.3 Å². The Balaban J connectivity index is 2.10. The van der Waals surface area contributed by atoms with Crippen LogP contribution in [0.15, 0.2) is 10.8 Å². The number of thiophene rings is 1. The first-order valence-corrected chi connectivity index (χ1v) is 6.67. The van der Waals surface area contributed by atoms with Crippen LogP contribution in [-0.2, 0) is 4.74 Å². The maximum absolute atomic E-state index is 12.2. The normalized spacial score (nSPS) is 20.3. The molecule has 0 aromatic carbocycles. The largest absolute Gasteiger partial charge is 0.391 e. The molecule has 0 bridgehead atoms. The van der Waals surface area contributed by atoms with Gasteiger partial charge in [-0.15, -0.1) is 0 Å². The molecule has 0 saturated carbocycles. The number of rotatable bonds is 2. The van der Waals surface area contributed by atoms with Gasteiger partial charge in [-0.1, -0.05) is 12.2 Å². The van der Waals surface area contributed by atoms with Crippen molar-refractivity contribution in [1.29, 1.82) is 0 Å². The Labute approximate surface area is 109 Å². The van der Waals surface area contributed by atoms with Crippen molar-refractivity contribution in [2.75, 3.05) is 19.7 Å². The van der Waals surface area contributed by atoms with E-state index < -0.39 is 0 Å². The first kappa shape index (κ1) is 12.5. The van der Waals surface area contributed by atoms with Crippen LogP contribution in [0.25, 0.3) is 0 Å². The Bertz CT molecular complexity index is 444. The summed E-state index contributed by atoms with van der Waals surface area (Å²) in [5.74, 6) is 0.0355. The Morgan fingerprint density at radius 2 is 2.41 bits per heavy atom. The molecule has 2 heterocycles. The van der Waals surface area contributed by atoms with Crippen LogP contribution in [0.5, 0.6) is 0 Å². The summed E-state index contributed by atoms with van der Waals surface area (Å²) in [4.78, 5) is 14.3. The third-order valence-corrected chi connectivity index (χ3v) is 3.88. The number of aryl methyl sites for hydroxylation is 1. The summed E-state index contributed by atoms with van der Waals surface area (Å²) in [7, 11) is 0. The lowest BCUT2D eigenvalue weighted by Crippen LogP contribution is -2.49. The molecule has 6 heteroatoms. The van der Waals surface area contributed by atoms with Crippen molar-refractivity contribution in [3.8, 4) is 0 Å². The van der Waals surface area contributed by atoms with Crippen molar-refractivity contribution in [3.63, 3.8) is 0 Å². The number of hydrogen-bond acceptors (Lipinski definition) is 4. The fraction of sp³-hybridized carbons (Fsp3) is 0.455. The van der Waals surface area contributed by atoms with Crippen molar-refractivity contribution >= 4 is 34.5 Å². The van der Waals surface area contributed by atoms with E-state index in [1.807, 2.05) is 17.7 Å². The average Bonchev–Trinajstić information content (AvgIpc) is 2.74. The zero-order valence-electron chi connectivity index (χ0n) is 9.51. The molecule has 1 aromatic rings. The van der Waals surface area contributed by atoms with E-state index in [0.717, 1.165) is 11.1 Å². The molecule has 92 valence electrons. The Morgan fingerprint density at radius 3 is 3.00 bits per heavy atom. The predicted octanol–water partition coefficient (Wildman–Crippen LogP) is 1.18. The average molecular weight is 270 g/mol. The topological polar surface area (TPSA) is 55.6 Å². The third kappa shape index (κ3) is 2.65.